The Labute approximate surface area is 121 Å². The van der Waals surface area contributed by atoms with Gasteiger partial charge in [-0.3, -0.25) is 4.21 Å². The van der Waals surface area contributed by atoms with Gasteiger partial charge in [0.2, 0.25) is 0 Å². The fourth-order valence-electron chi connectivity index (χ4n) is 1.85. The van der Waals surface area contributed by atoms with Gasteiger partial charge < -0.3 is 5.32 Å². The van der Waals surface area contributed by atoms with E-state index in [-0.39, 0.29) is 0 Å². The molecule has 0 saturated carbocycles. The van der Waals surface area contributed by atoms with Crippen molar-refractivity contribution in [2.75, 3.05) is 12.3 Å². The van der Waals surface area contributed by atoms with Crippen LogP contribution in [-0.2, 0) is 10.8 Å². The van der Waals surface area contributed by atoms with Gasteiger partial charge >= 0.3 is 0 Å². The smallest absolute Gasteiger partial charge is 0.0556 e. The van der Waals surface area contributed by atoms with Gasteiger partial charge in [0.1, 0.15) is 0 Å². The van der Waals surface area contributed by atoms with E-state index in [0.29, 0.717) is 17.7 Å². The molecule has 2 nitrogen and oxygen atoms in total. The molecule has 1 N–H and O–H groups in total. The van der Waals surface area contributed by atoms with E-state index >= 15 is 0 Å². The maximum atomic E-state index is 12.4. The summed E-state index contributed by atoms with van der Waals surface area (Å²) in [7, 11) is -0.958. The molecule has 1 rings (SSSR count). The third kappa shape index (κ3) is 4.48. The molecule has 0 amide bonds. The number of hydrogen-bond donors (Lipinski definition) is 1. The molecule has 0 fully saturated rings. The number of halogens is 1. The monoisotopic (exact) mass is 331 g/mol. The first-order valence-electron chi connectivity index (χ1n) is 6.46. The molecule has 3 unspecified atom stereocenters. The molecular weight excluding hydrogens is 310 g/mol. The summed E-state index contributed by atoms with van der Waals surface area (Å²) in [6.07, 6.45) is 1.10. The highest BCUT2D eigenvalue weighted by atomic mass is 79.9. The van der Waals surface area contributed by atoms with Crippen LogP contribution in [0.2, 0.25) is 0 Å². The third-order valence-corrected chi connectivity index (χ3v) is 5.67. The highest BCUT2D eigenvalue weighted by molar-refractivity contribution is 9.10. The summed E-state index contributed by atoms with van der Waals surface area (Å²) in [5.74, 6) is 1.21. The second kappa shape index (κ2) is 8.08. The van der Waals surface area contributed by atoms with Crippen LogP contribution in [0, 0.1) is 5.92 Å². The zero-order valence-electron chi connectivity index (χ0n) is 11.3. The normalized spacial score (nSPS) is 16.2. The molecule has 0 aliphatic rings. The zero-order chi connectivity index (χ0) is 13.5. The lowest BCUT2D eigenvalue weighted by Gasteiger charge is -2.23. The van der Waals surface area contributed by atoms with Crippen molar-refractivity contribution in [3.63, 3.8) is 0 Å². The van der Waals surface area contributed by atoms with Crippen molar-refractivity contribution in [2.24, 2.45) is 5.92 Å². The van der Waals surface area contributed by atoms with E-state index in [0.717, 1.165) is 22.3 Å². The van der Waals surface area contributed by atoms with E-state index in [1.807, 2.05) is 24.3 Å². The van der Waals surface area contributed by atoms with Gasteiger partial charge in [0, 0.05) is 16.3 Å². The van der Waals surface area contributed by atoms with Crippen LogP contribution in [0.15, 0.2) is 33.6 Å². The fourth-order valence-corrected chi connectivity index (χ4v) is 4.15. The number of benzene rings is 1. The molecule has 1 aromatic carbocycles. The zero-order valence-corrected chi connectivity index (χ0v) is 13.7. The second-order valence-corrected chi connectivity index (χ2v) is 6.81. The summed E-state index contributed by atoms with van der Waals surface area (Å²) >= 11 is 3.47. The lowest BCUT2D eigenvalue weighted by molar-refractivity contribution is 0.401. The van der Waals surface area contributed by atoms with E-state index in [9.17, 15) is 4.21 Å². The van der Waals surface area contributed by atoms with Crippen molar-refractivity contribution in [1.29, 1.82) is 0 Å². The summed E-state index contributed by atoms with van der Waals surface area (Å²) < 4.78 is 13.3. The van der Waals surface area contributed by atoms with Gasteiger partial charge in [-0.2, -0.15) is 0 Å². The maximum absolute atomic E-state index is 12.4. The van der Waals surface area contributed by atoms with Crippen molar-refractivity contribution >= 4 is 26.7 Å². The molecular formula is C14H22BrNOS. The van der Waals surface area contributed by atoms with Gasteiger partial charge in [0.15, 0.2) is 0 Å². The molecule has 0 aliphatic heterocycles. The molecule has 0 bridgehead atoms. The average molecular weight is 332 g/mol. The first-order chi connectivity index (χ1) is 8.60. The highest BCUT2D eigenvalue weighted by Gasteiger charge is 2.19. The van der Waals surface area contributed by atoms with Gasteiger partial charge in [0.05, 0.1) is 15.7 Å². The van der Waals surface area contributed by atoms with Crippen LogP contribution < -0.4 is 5.32 Å². The first-order valence-corrected chi connectivity index (χ1v) is 8.57. The van der Waals surface area contributed by atoms with E-state index < -0.39 is 10.8 Å². The minimum Gasteiger partial charge on any atom is -0.313 e. The Kier molecular flexibility index (Phi) is 7.12. The van der Waals surface area contributed by atoms with Crippen LogP contribution in [0.1, 0.15) is 27.2 Å². The Morgan fingerprint density at radius 2 is 2.00 bits per heavy atom. The molecule has 0 aromatic heterocycles. The lowest BCUT2D eigenvalue weighted by atomic mass is 10.0. The van der Waals surface area contributed by atoms with Crippen molar-refractivity contribution < 1.29 is 4.21 Å². The van der Waals surface area contributed by atoms with Crippen LogP contribution >= 0.6 is 15.9 Å². The predicted molar refractivity (Wildman–Crippen MR) is 82.3 cm³/mol. The van der Waals surface area contributed by atoms with E-state index in [1.54, 1.807) is 0 Å². The minimum absolute atomic E-state index is 0.313. The van der Waals surface area contributed by atoms with Gasteiger partial charge in [-0.25, -0.2) is 0 Å². The fraction of sp³-hybridized carbons (Fsp3) is 0.571. The summed E-state index contributed by atoms with van der Waals surface area (Å²) in [4.78, 5) is 0.892. The van der Waals surface area contributed by atoms with Crippen LogP contribution in [0.3, 0.4) is 0 Å². The highest BCUT2D eigenvalue weighted by Crippen LogP contribution is 2.21. The molecule has 0 radical (unpaired) electrons. The van der Waals surface area contributed by atoms with Crippen LogP contribution in [0.4, 0.5) is 0 Å². The molecule has 1 aromatic rings. The number of hydrogen-bond acceptors (Lipinski definition) is 2. The van der Waals surface area contributed by atoms with Crippen LogP contribution in [0.25, 0.3) is 0 Å². The molecule has 0 spiro atoms. The second-order valence-electron chi connectivity index (χ2n) is 4.49. The average Bonchev–Trinajstić information content (AvgIpc) is 2.37. The third-order valence-electron chi connectivity index (χ3n) is 3.21. The minimum atomic E-state index is -0.958. The topological polar surface area (TPSA) is 29.1 Å². The summed E-state index contributed by atoms with van der Waals surface area (Å²) in [6.45, 7) is 7.40. The first kappa shape index (κ1) is 15.9. The van der Waals surface area contributed by atoms with Crippen molar-refractivity contribution in [2.45, 2.75) is 38.1 Å². The quantitative estimate of drug-likeness (QED) is 0.827. The van der Waals surface area contributed by atoms with Gasteiger partial charge in [-0.15, -0.1) is 0 Å². The standard InChI is InChI=1S/C14H22BrNOS/c1-4-11(3)13(16-5-2)10-18(17)14-9-7-6-8-12(14)15/h6-9,11,13,16H,4-5,10H2,1-3H3. The van der Waals surface area contributed by atoms with Crippen molar-refractivity contribution in [3.05, 3.63) is 28.7 Å². The largest absolute Gasteiger partial charge is 0.313 e. The predicted octanol–water partition coefficient (Wildman–Crippen LogP) is 3.58. The van der Waals surface area contributed by atoms with Crippen LogP contribution in [-0.4, -0.2) is 22.5 Å². The molecule has 102 valence electrons. The number of nitrogens with one attached hydrogen (secondary N) is 1. The van der Waals surface area contributed by atoms with Crippen LogP contribution in [0.5, 0.6) is 0 Å². The maximum Gasteiger partial charge on any atom is 0.0556 e. The summed E-state index contributed by atoms with van der Waals surface area (Å²) in [5.41, 5.74) is 0. The molecule has 0 saturated heterocycles. The van der Waals surface area contributed by atoms with Gasteiger partial charge in [-0.05, 0) is 40.5 Å². The Bertz CT molecular complexity index is 397. The SMILES string of the molecule is CCNC(CS(=O)c1ccccc1Br)C(C)CC. The Morgan fingerprint density at radius 1 is 1.33 bits per heavy atom. The van der Waals surface area contributed by atoms with Gasteiger partial charge in [-0.1, -0.05) is 39.3 Å². The van der Waals surface area contributed by atoms with Gasteiger partial charge in [0.25, 0.3) is 0 Å². The lowest BCUT2D eigenvalue weighted by Crippen LogP contribution is -2.39. The molecule has 0 heterocycles. The number of rotatable bonds is 7. The Hall–Kier alpha value is -0.190. The van der Waals surface area contributed by atoms with E-state index in [1.165, 1.54) is 0 Å². The van der Waals surface area contributed by atoms with Crippen molar-refractivity contribution in [3.8, 4) is 0 Å². The van der Waals surface area contributed by atoms with Crippen molar-refractivity contribution in [1.82, 2.24) is 5.32 Å². The Balaban J connectivity index is 2.75. The molecule has 3 atom stereocenters. The Morgan fingerprint density at radius 3 is 2.56 bits per heavy atom. The molecule has 18 heavy (non-hydrogen) atoms. The molecule has 0 aliphatic carbocycles. The summed E-state index contributed by atoms with van der Waals surface area (Å²) in [5, 5.41) is 3.45. The van der Waals surface area contributed by atoms with E-state index in [4.69, 9.17) is 0 Å². The molecule has 4 heteroatoms. The summed E-state index contributed by atoms with van der Waals surface area (Å²) in [6, 6.07) is 8.07. The van der Waals surface area contributed by atoms with E-state index in [2.05, 4.69) is 42.0 Å².